The van der Waals surface area contributed by atoms with Crippen molar-refractivity contribution in [3.63, 3.8) is 0 Å². The van der Waals surface area contributed by atoms with Crippen molar-refractivity contribution < 1.29 is 9.90 Å². The smallest absolute Gasteiger partial charge is 0.132 e. The molecule has 0 rings (SSSR count). The highest BCUT2D eigenvalue weighted by molar-refractivity contribution is 6.80. The SMILES string of the molecule is CCCCC(=O)CCC[C@H](O)C/C=C/[Si](C)(C)C. The van der Waals surface area contributed by atoms with Gasteiger partial charge in [0.1, 0.15) is 5.78 Å². The molecule has 0 aromatic rings. The van der Waals surface area contributed by atoms with E-state index in [2.05, 4.69) is 38.3 Å². The molecule has 106 valence electrons. The maximum atomic E-state index is 11.4. The zero-order valence-corrected chi connectivity index (χ0v) is 13.5. The molecule has 3 heteroatoms. The molecular weight excluding hydrogens is 240 g/mol. The summed E-state index contributed by atoms with van der Waals surface area (Å²) in [6.07, 6.45) is 7.55. The van der Waals surface area contributed by atoms with Gasteiger partial charge in [0.25, 0.3) is 0 Å². The van der Waals surface area contributed by atoms with Crippen molar-refractivity contribution >= 4 is 13.9 Å². The summed E-state index contributed by atoms with van der Waals surface area (Å²) >= 11 is 0. The third-order valence-corrected chi connectivity index (χ3v) is 4.06. The fourth-order valence-corrected chi connectivity index (χ4v) is 2.57. The fraction of sp³-hybridized carbons (Fsp3) is 0.800. The molecule has 0 amide bonds. The summed E-state index contributed by atoms with van der Waals surface area (Å²) in [5.74, 6) is 0.349. The second-order valence-corrected chi connectivity index (χ2v) is 11.3. The van der Waals surface area contributed by atoms with E-state index in [9.17, 15) is 9.90 Å². The number of Topliss-reactive ketones (excluding diaryl/α,β-unsaturated/α-hetero) is 1. The van der Waals surface area contributed by atoms with Crippen molar-refractivity contribution in [2.45, 2.75) is 77.6 Å². The molecule has 2 nitrogen and oxygen atoms in total. The molecule has 1 atom stereocenters. The molecule has 0 aliphatic heterocycles. The van der Waals surface area contributed by atoms with Crippen LogP contribution in [0.15, 0.2) is 11.8 Å². The summed E-state index contributed by atoms with van der Waals surface area (Å²) in [4.78, 5) is 11.4. The van der Waals surface area contributed by atoms with Crippen LogP contribution >= 0.6 is 0 Å². The molecule has 0 saturated heterocycles. The van der Waals surface area contributed by atoms with E-state index in [0.29, 0.717) is 18.6 Å². The number of aliphatic hydroxyl groups is 1. The minimum absolute atomic E-state index is 0.281. The number of ketones is 1. The lowest BCUT2D eigenvalue weighted by Crippen LogP contribution is -2.16. The lowest BCUT2D eigenvalue weighted by Gasteiger charge is -2.10. The summed E-state index contributed by atoms with van der Waals surface area (Å²) in [7, 11) is -1.13. The van der Waals surface area contributed by atoms with Crippen molar-refractivity contribution in [3.05, 3.63) is 11.8 Å². The van der Waals surface area contributed by atoms with Gasteiger partial charge in [0, 0.05) is 12.8 Å². The van der Waals surface area contributed by atoms with E-state index >= 15 is 0 Å². The second kappa shape index (κ2) is 9.51. The average molecular weight is 270 g/mol. The van der Waals surface area contributed by atoms with Crippen molar-refractivity contribution in [1.82, 2.24) is 0 Å². The zero-order chi connectivity index (χ0) is 14.0. The van der Waals surface area contributed by atoms with Gasteiger partial charge >= 0.3 is 0 Å². The van der Waals surface area contributed by atoms with E-state index in [1.54, 1.807) is 0 Å². The van der Waals surface area contributed by atoms with Gasteiger partial charge in [0.15, 0.2) is 0 Å². The molecule has 0 saturated carbocycles. The number of hydrogen-bond donors (Lipinski definition) is 1. The summed E-state index contributed by atoms with van der Waals surface area (Å²) in [6, 6.07) is 0. The van der Waals surface area contributed by atoms with E-state index < -0.39 is 8.07 Å². The summed E-state index contributed by atoms with van der Waals surface area (Å²) in [5, 5.41) is 9.79. The van der Waals surface area contributed by atoms with Gasteiger partial charge in [-0.2, -0.15) is 0 Å². The number of aliphatic hydroxyl groups excluding tert-OH is 1. The van der Waals surface area contributed by atoms with Crippen molar-refractivity contribution in [1.29, 1.82) is 0 Å². The molecule has 0 spiro atoms. The summed E-state index contributed by atoms with van der Waals surface area (Å²) in [5.41, 5.74) is 2.27. The molecule has 0 aliphatic rings. The van der Waals surface area contributed by atoms with Crippen LogP contribution in [0.4, 0.5) is 0 Å². The molecule has 0 aromatic heterocycles. The van der Waals surface area contributed by atoms with Crippen LogP contribution in [-0.4, -0.2) is 25.1 Å². The molecule has 0 unspecified atom stereocenters. The van der Waals surface area contributed by atoms with Crippen LogP contribution in [0.5, 0.6) is 0 Å². The molecule has 0 aliphatic carbocycles. The predicted molar refractivity (Wildman–Crippen MR) is 81.5 cm³/mol. The number of hydrogen-bond acceptors (Lipinski definition) is 2. The lowest BCUT2D eigenvalue weighted by atomic mass is 10.0. The lowest BCUT2D eigenvalue weighted by molar-refractivity contribution is -0.119. The van der Waals surface area contributed by atoms with Gasteiger partial charge in [0.05, 0.1) is 14.2 Å². The van der Waals surface area contributed by atoms with Crippen molar-refractivity contribution in [2.75, 3.05) is 0 Å². The molecule has 0 radical (unpaired) electrons. The van der Waals surface area contributed by atoms with Gasteiger partial charge in [-0.1, -0.05) is 44.8 Å². The van der Waals surface area contributed by atoms with E-state index in [1.165, 1.54) is 0 Å². The van der Waals surface area contributed by atoms with Crippen LogP contribution in [0.25, 0.3) is 0 Å². The van der Waals surface area contributed by atoms with Gasteiger partial charge < -0.3 is 5.11 Å². The number of carbonyl (C=O) groups excluding carboxylic acids is 1. The normalized spacial score (nSPS) is 14.1. The van der Waals surface area contributed by atoms with E-state index in [-0.39, 0.29) is 6.10 Å². The molecule has 0 heterocycles. The average Bonchev–Trinajstić information content (AvgIpc) is 2.24. The minimum atomic E-state index is -1.13. The van der Waals surface area contributed by atoms with E-state index in [4.69, 9.17) is 0 Å². The number of rotatable bonds is 10. The topological polar surface area (TPSA) is 37.3 Å². The Labute approximate surface area is 113 Å². The zero-order valence-electron chi connectivity index (χ0n) is 12.5. The van der Waals surface area contributed by atoms with Gasteiger partial charge in [-0.05, 0) is 25.7 Å². The van der Waals surface area contributed by atoms with Gasteiger partial charge in [-0.15, -0.1) is 0 Å². The highest BCUT2D eigenvalue weighted by atomic mass is 28.3. The minimum Gasteiger partial charge on any atom is -0.393 e. The van der Waals surface area contributed by atoms with Gasteiger partial charge in [-0.3, -0.25) is 4.79 Å². The van der Waals surface area contributed by atoms with Crippen LogP contribution in [0.3, 0.4) is 0 Å². The maximum Gasteiger partial charge on any atom is 0.132 e. The Kier molecular flexibility index (Phi) is 9.29. The Morgan fingerprint density at radius 3 is 2.39 bits per heavy atom. The quantitative estimate of drug-likeness (QED) is 0.607. The highest BCUT2D eigenvalue weighted by Crippen LogP contribution is 2.10. The first-order valence-corrected chi connectivity index (χ1v) is 10.8. The monoisotopic (exact) mass is 270 g/mol. The second-order valence-electron chi connectivity index (χ2n) is 6.19. The number of carbonyl (C=O) groups is 1. The summed E-state index contributed by atoms with van der Waals surface area (Å²) in [6.45, 7) is 8.94. The first-order chi connectivity index (χ1) is 8.35. The standard InChI is InChI=1S/C15H30O2Si/c1-5-6-9-14(16)10-7-11-15(17)12-8-13-18(2,3)4/h8,13,15,17H,5-7,9-12H2,1-4H3/b13-8+/t15-/m0/s1. The van der Waals surface area contributed by atoms with Crippen LogP contribution in [0, 0.1) is 0 Å². The Morgan fingerprint density at radius 2 is 1.83 bits per heavy atom. The Balaban J connectivity index is 3.62. The third-order valence-electron chi connectivity index (χ3n) is 2.83. The molecule has 0 bridgehead atoms. The van der Waals surface area contributed by atoms with Crippen molar-refractivity contribution in [2.24, 2.45) is 0 Å². The first kappa shape index (κ1) is 17.6. The van der Waals surface area contributed by atoms with Crippen LogP contribution in [-0.2, 0) is 4.79 Å². The Hall–Kier alpha value is -0.413. The predicted octanol–water partition coefficient (Wildman–Crippen LogP) is 4.10. The van der Waals surface area contributed by atoms with Crippen LogP contribution in [0.1, 0.15) is 51.9 Å². The first-order valence-electron chi connectivity index (χ1n) is 7.22. The Bertz CT molecular complexity index is 254. The van der Waals surface area contributed by atoms with E-state index in [1.807, 2.05) is 0 Å². The van der Waals surface area contributed by atoms with Crippen LogP contribution < -0.4 is 0 Å². The molecule has 0 fully saturated rings. The van der Waals surface area contributed by atoms with Gasteiger partial charge in [0.2, 0.25) is 0 Å². The summed E-state index contributed by atoms with van der Waals surface area (Å²) < 4.78 is 0. The largest absolute Gasteiger partial charge is 0.393 e. The van der Waals surface area contributed by atoms with Gasteiger partial charge in [-0.25, -0.2) is 0 Å². The maximum absolute atomic E-state index is 11.4. The molecule has 1 N–H and O–H groups in total. The Morgan fingerprint density at radius 1 is 1.22 bits per heavy atom. The third kappa shape index (κ3) is 12.1. The highest BCUT2D eigenvalue weighted by Gasteiger charge is 2.08. The van der Waals surface area contributed by atoms with Crippen molar-refractivity contribution in [3.8, 4) is 0 Å². The fourth-order valence-electron chi connectivity index (χ4n) is 1.73. The van der Waals surface area contributed by atoms with Crippen LogP contribution in [0.2, 0.25) is 19.6 Å². The van der Waals surface area contributed by atoms with E-state index in [0.717, 1.165) is 32.1 Å². The molecular formula is C15H30O2Si. The molecule has 18 heavy (non-hydrogen) atoms. The number of unbranched alkanes of at least 4 members (excludes halogenated alkanes) is 1. The molecule has 0 aromatic carbocycles.